The number of hydrogen-bond acceptors (Lipinski definition) is 6. The number of nitrogens with zero attached hydrogens (tertiary/aromatic N) is 3. The Morgan fingerprint density at radius 2 is 1.88 bits per heavy atom. The summed E-state index contributed by atoms with van der Waals surface area (Å²) in [6, 6.07) is 2.26. The molecule has 3 aromatic heterocycles. The fraction of sp³-hybridized carbons (Fsp3) is 0.350. The van der Waals surface area contributed by atoms with Crippen LogP contribution in [0.4, 0.5) is 18.9 Å². The van der Waals surface area contributed by atoms with E-state index in [1.165, 1.54) is 18.6 Å². The van der Waals surface area contributed by atoms with Gasteiger partial charge in [-0.1, -0.05) is 20.8 Å². The molecule has 172 valence electrons. The molecule has 8 nitrogen and oxygen atoms in total. The molecule has 0 spiro atoms. The summed E-state index contributed by atoms with van der Waals surface area (Å²) in [5, 5.41) is 2.26. The Kier molecular flexibility index (Phi) is 7.78. The number of nitrogens with two attached hydrogens (primary N) is 1. The van der Waals surface area contributed by atoms with E-state index in [-0.39, 0.29) is 28.5 Å². The van der Waals surface area contributed by atoms with Crippen LogP contribution in [0.1, 0.15) is 48.9 Å². The van der Waals surface area contributed by atoms with Gasteiger partial charge in [-0.2, -0.15) is 13.2 Å². The van der Waals surface area contributed by atoms with Gasteiger partial charge in [-0.3, -0.25) is 14.6 Å². The number of pyridine rings is 1. The fourth-order valence-electron chi connectivity index (χ4n) is 2.55. The highest BCUT2D eigenvalue weighted by atomic mass is 35.5. The number of rotatable bonds is 4. The summed E-state index contributed by atoms with van der Waals surface area (Å²) in [5.41, 5.74) is 6.17. The standard InChI is InChI=1S/C14H11F3N6O.C6H11ClO/c15-14(16,17)9-3-7(1-2-19-9)4-21-13(24)12-11-10(22-6-23-12)8(18)5-20-11;1-6(2,3)4-5(7)8/h1-3,5-6,20H,4,18H2,(H,21,24);4H2,1-3H3. The summed E-state index contributed by atoms with van der Waals surface area (Å²) in [5.74, 6) is -0.561. The molecule has 0 aliphatic heterocycles. The third kappa shape index (κ3) is 7.19. The molecule has 1 amide bonds. The van der Waals surface area contributed by atoms with Gasteiger partial charge < -0.3 is 16.0 Å². The highest BCUT2D eigenvalue weighted by Gasteiger charge is 2.32. The van der Waals surface area contributed by atoms with Gasteiger partial charge in [0.25, 0.3) is 5.91 Å². The minimum atomic E-state index is -4.54. The van der Waals surface area contributed by atoms with E-state index in [2.05, 4.69) is 25.3 Å². The van der Waals surface area contributed by atoms with Crippen molar-refractivity contribution in [1.82, 2.24) is 25.3 Å². The van der Waals surface area contributed by atoms with Crippen LogP contribution in [0.3, 0.4) is 0 Å². The summed E-state index contributed by atoms with van der Waals surface area (Å²) in [6.45, 7) is 5.83. The number of alkyl halides is 3. The summed E-state index contributed by atoms with van der Waals surface area (Å²) >= 11 is 5.12. The number of fused-ring (bicyclic) bond motifs is 1. The van der Waals surface area contributed by atoms with Crippen LogP contribution in [-0.4, -0.2) is 31.1 Å². The lowest BCUT2D eigenvalue weighted by atomic mass is 9.93. The number of hydrogen-bond donors (Lipinski definition) is 3. The van der Waals surface area contributed by atoms with Gasteiger partial charge in [0, 0.05) is 25.4 Å². The number of carbonyl (C=O) groups is 2. The number of aromatic nitrogens is 4. The van der Waals surface area contributed by atoms with Crippen LogP contribution in [0.5, 0.6) is 0 Å². The molecule has 0 radical (unpaired) electrons. The van der Waals surface area contributed by atoms with Gasteiger partial charge in [0.15, 0.2) is 5.69 Å². The molecule has 0 unspecified atom stereocenters. The second kappa shape index (κ2) is 9.94. The molecule has 0 saturated carbocycles. The van der Waals surface area contributed by atoms with E-state index in [4.69, 9.17) is 17.3 Å². The zero-order chi connectivity index (χ0) is 24.1. The summed E-state index contributed by atoms with van der Waals surface area (Å²) in [7, 11) is 0. The molecular weight excluding hydrogens is 449 g/mol. The number of halogens is 4. The molecule has 0 aromatic carbocycles. The van der Waals surface area contributed by atoms with Gasteiger partial charge >= 0.3 is 6.18 Å². The van der Waals surface area contributed by atoms with E-state index >= 15 is 0 Å². The first-order valence-corrected chi connectivity index (χ1v) is 9.72. The molecule has 0 aliphatic rings. The van der Waals surface area contributed by atoms with Crippen LogP contribution in [0.15, 0.2) is 30.9 Å². The van der Waals surface area contributed by atoms with Gasteiger partial charge in [0.1, 0.15) is 17.5 Å². The van der Waals surface area contributed by atoms with Gasteiger partial charge in [-0.05, 0) is 34.7 Å². The lowest BCUT2D eigenvalue weighted by molar-refractivity contribution is -0.141. The Morgan fingerprint density at radius 1 is 1.19 bits per heavy atom. The molecule has 3 aromatic rings. The number of anilines is 1. The van der Waals surface area contributed by atoms with Gasteiger partial charge in [-0.25, -0.2) is 9.97 Å². The van der Waals surface area contributed by atoms with Crippen LogP contribution in [0, 0.1) is 5.41 Å². The fourth-order valence-corrected chi connectivity index (χ4v) is 2.95. The molecular formula is C20H22ClF3N6O2. The predicted molar refractivity (Wildman–Crippen MR) is 114 cm³/mol. The quantitative estimate of drug-likeness (QED) is 0.493. The Morgan fingerprint density at radius 3 is 2.44 bits per heavy atom. The second-order valence-corrected chi connectivity index (χ2v) is 8.43. The maximum Gasteiger partial charge on any atom is 0.433 e. The topological polar surface area (TPSA) is 127 Å². The third-order valence-electron chi connectivity index (χ3n) is 3.94. The molecule has 32 heavy (non-hydrogen) atoms. The molecule has 3 heterocycles. The van der Waals surface area contributed by atoms with Crippen molar-refractivity contribution >= 4 is 39.5 Å². The van der Waals surface area contributed by atoms with Crippen molar-refractivity contribution in [2.75, 3.05) is 5.73 Å². The van der Waals surface area contributed by atoms with Crippen LogP contribution < -0.4 is 11.1 Å². The van der Waals surface area contributed by atoms with Crippen LogP contribution in [-0.2, 0) is 17.5 Å². The highest BCUT2D eigenvalue weighted by molar-refractivity contribution is 6.63. The Labute approximate surface area is 186 Å². The Balaban J connectivity index is 0.000000390. The van der Waals surface area contributed by atoms with Crippen LogP contribution >= 0.6 is 11.6 Å². The average molecular weight is 471 g/mol. The second-order valence-electron chi connectivity index (χ2n) is 8.01. The van der Waals surface area contributed by atoms with Crippen molar-refractivity contribution in [3.05, 3.63) is 47.8 Å². The first-order valence-electron chi connectivity index (χ1n) is 9.34. The van der Waals surface area contributed by atoms with Crippen LogP contribution in [0.2, 0.25) is 0 Å². The smallest absolute Gasteiger partial charge is 0.396 e. The molecule has 0 fully saturated rings. The summed E-state index contributed by atoms with van der Waals surface area (Å²) in [4.78, 5) is 36.4. The van der Waals surface area contributed by atoms with E-state index in [0.717, 1.165) is 12.3 Å². The van der Waals surface area contributed by atoms with Gasteiger partial charge in [0.05, 0.1) is 11.2 Å². The number of amides is 1. The lowest BCUT2D eigenvalue weighted by Gasteiger charge is -2.13. The molecule has 0 bridgehead atoms. The van der Waals surface area contributed by atoms with E-state index in [0.29, 0.717) is 23.1 Å². The number of nitrogens with one attached hydrogen (secondary N) is 2. The monoisotopic (exact) mass is 470 g/mol. The molecule has 3 rings (SSSR count). The summed E-state index contributed by atoms with van der Waals surface area (Å²) < 4.78 is 37.9. The number of H-pyrrole nitrogens is 1. The molecule has 0 saturated heterocycles. The Bertz CT molecular complexity index is 1110. The lowest BCUT2D eigenvalue weighted by Crippen LogP contribution is -2.24. The SMILES string of the molecule is CC(C)(C)CC(=O)Cl.Nc1c[nH]c2c(C(=O)NCc3ccnc(C(F)(F)F)c3)ncnc12. The number of carbonyl (C=O) groups excluding carboxylic acids is 2. The normalized spacial score (nSPS) is 11.6. The van der Waals surface area contributed by atoms with Crippen molar-refractivity contribution in [3.8, 4) is 0 Å². The molecule has 12 heteroatoms. The zero-order valence-corrected chi connectivity index (χ0v) is 18.3. The van der Waals surface area contributed by atoms with Gasteiger partial charge in [0.2, 0.25) is 5.24 Å². The first-order chi connectivity index (χ1) is 14.8. The highest BCUT2D eigenvalue weighted by Crippen LogP contribution is 2.27. The van der Waals surface area contributed by atoms with Gasteiger partial charge in [-0.15, -0.1) is 0 Å². The van der Waals surface area contributed by atoms with Crippen LogP contribution in [0.25, 0.3) is 11.0 Å². The zero-order valence-electron chi connectivity index (χ0n) is 17.5. The van der Waals surface area contributed by atoms with E-state index in [1.54, 1.807) is 0 Å². The van der Waals surface area contributed by atoms with Crippen molar-refractivity contribution in [3.63, 3.8) is 0 Å². The van der Waals surface area contributed by atoms with E-state index in [1.807, 2.05) is 20.8 Å². The predicted octanol–water partition coefficient (Wildman–Crippen LogP) is 4.07. The first kappa shape index (κ1) is 25.1. The number of aromatic amines is 1. The maximum atomic E-state index is 12.6. The third-order valence-corrected chi connectivity index (χ3v) is 4.08. The minimum Gasteiger partial charge on any atom is -0.396 e. The average Bonchev–Trinajstić information content (AvgIpc) is 3.05. The molecule has 0 aliphatic carbocycles. The summed E-state index contributed by atoms with van der Waals surface area (Å²) in [6.07, 6.45) is -0.377. The molecule has 0 atom stereocenters. The maximum absolute atomic E-state index is 12.6. The van der Waals surface area contributed by atoms with Crippen molar-refractivity contribution < 1.29 is 22.8 Å². The van der Waals surface area contributed by atoms with Crippen molar-refractivity contribution in [1.29, 1.82) is 0 Å². The Hall–Kier alpha value is -3.21. The number of nitrogen functional groups attached to an aromatic ring is 1. The van der Waals surface area contributed by atoms with E-state index < -0.39 is 17.8 Å². The molecule has 4 N–H and O–H groups in total. The largest absolute Gasteiger partial charge is 0.433 e. The van der Waals surface area contributed by atoms with Crippen molar-refractivity contribution in [2.24, 2.45) is 5.41 Å². The van der Waals surface area contributed by atoms with Crippen molar-refractivity contribution in [2.45, 2.75) is 39.9 Å². The van der Waals surface area contributed by atoms with E-state index in [9.17, 15) is 22.8 Å². The minimum absolute atomic E-state index is 0.0405.